The van der Waals surface area contributed by atoms with E-state index in [1.54, 1.807) is 13.0 Å². The number of hydrogen-bond acceptors (Lipinski definition) is 2. The lowest BCUT2D eigenvalue weighted by atomic mass is 9.81. The zero-order valence-electron chi connectivity index (χ0n) is 12.3. The lowest BCUT2D eigenvalue weighted by Crippen LogP contribution is -2.47. The molecule has 106 valence electrons. The lowest BCUT2D eigenvalue weighted by molar-refractivity contribution is 0.232. The molecule has 1 aliphatic rings. The SMILES string of the molecule is Cc1ccc(C(C)NC2CSCCC2(C)C)cc1F. The van der Waals surface area contributed by atoms with E-state index in [0.29, 0.717) is 17.0 Å². The predicted molar refractivity (Wildman–Crippen MR) is 82.2 cm³/mol. The molecule has 0 aromatic heterocycles. The van der Waals surface area contributed by atoms with E-state index in [0.717, 1.165) is 11.3 Å². The zero-order valence-corrected chi connectivity index (χ0v) is 13.1. The number of nitrogens with one attached hydrogen (secondary N) is 1. The summed E-state index contributed by atoms with van der Waals surface area (Å²) in [5, 5.41) is 3.68. The molecule has 1 aliphatic heterocycles. The maximum Gasteiger partial charge on any atom is 0.126 e. The fourth-order valence-electron chi connectivity index (χ4n) is 2.49. The van der Waals surface area contributed by atoms with Crippen molar-refractivity contribution in [3.8, 4) is 0 Å². The van der Waals surface area contributed by atoms with Gasteiger partial charge in [0.05, 0.1) is 0 Å². The first kappa shape index (κ1) is 14.9. The van der Waals surface area contributed by atoms with Gasteiger partial charge in [-0.1, -0.05) is 26.0 Å². The maximum atomic E-state index is 13.6. The monoisotopic (exact) mass is 281 g/mol. The Morgan fingerprint density at radius 3 is 2.79 bits per heavy atom. The molecule has 1 aromatic rings. The van der Waals surface area contributed by atoms with Gasteiger partial charge in [0.1, 0.15) is 5.82 Å². The van der Waals surface area contributed by atoms with Crippen LogP contribution in [0.4, 0.5) is 4.39 Å². The topological polar surface area (TPSA) is 12.0 Å². The Balaban J connectivity index is 2.07. The third-order valence-corrected chi connectivity index (χ3v) is 5.33. The Hall–Kier alpha value is -0.540. The summed E-state index contributed by atoms with van der Waals surface area (Å²) in [5.41, 5.74) is 2.07. The normalized spacial score (nSPS) is 24.2. The highest BCUT2D eigenvalue weighted by Crippen LogP contribution is 2.35. The van der Waals surface area contributed by atoms with Crippen LogP contribution < -0.4 is 5.32 Å². The minimum atomic E-state index is -0.108. The quantitative estimate of drug-likeness (QED) is 0.885. The molecule has 3 heteroatoms. The van der Waals surface area contributed by atoms with E-state index in [1.165, 1.54) is 12.2 Å². The summed E-state index contributed by atoms with van der Waals surface area (Å²) in [6.45, 7) is 8.58. The summed E-state index contributed by atoms with van der Waals surface area (Å²) in [5.74, 6) is 2.29. The summed E-state index contributed by atoms with van der Waals surface area (Å²) >= 11 is 2.01. The molecular weight excluding hydrogens is 257 g/mol. The Morgan fingerprint density at radius 2 is 2.16 bits per heavy atom. The molecule has 2 atom stereocenters. The van der Waals surface area contributed by atoms with Gasteiger partial charge in [-0.3, -0.25) is 0 Å². The lowest BCUT2D eigenvalue weighted by Gasteiger charge is -2.40. The van der Waals surface area contributed by atoms with Gasteiger partial charge in [0.2, 0.25) is 0 Å². The van der Waals surface area contributed by atoms with E-state index in [4.69, 9.17) is 0 Å². The fourth-order valence-corrected chi connectivity index (χ4v) is 4.11. The van der Waals surface area contributed by atoms with Crippen molar-refractivity contribution in [2.45, 2.75) is 46.2 Å². The summed E-state index contributed by atoms with van der Waals surface area (Å²) in [6.07, 6.45) is 1.24. The molecule has 0 aliphatic carbocycles. The second kappa shape index (κ2) is 5.84. The van der Waals surface area contributed by atoms with Gasteiger partial charge in [0.25, 0.3) is 0 Å². The van der Waals surface area contributed by atoms with Crippen LogP contribution in [0.25, 0.3) is 0 Å². The van der Waals surface area contributed by atoms with Crippen molar-refractivity contribution in [2.24, 2.45) is 5.41 Å². The summed E-state index contributed by atoms with van der Waals surface area (Å²) in [4.78, 5) is 0. The van der Waals surface area contributed by atoms with Crippen LogP contribution in [0.15, 0.2) is 18.2 Å². The van der Waals surface area contributed by atoms with Gasteiger partial charge in [-0.25, -0.2) is 4.39 Å². The number of aryl methyl sites for hydroxylation is 1. The Labute approximate surface area is 120 Å². The van der Waals surface area contributed by atoms with Crippen molar-refractivity contribution in [2.75, 3.05) is 11.5 Å². The van der Waals surface area contributed by atoms with Gasteiger partial charge in [0, 0.05) is 17.8 Å². The smallest absolute Gasteiger partial charge is 0.126 e. The Morgan fingerprint density at radius 1 is 1.42 bits per heavy atom. The minimum Gasteiger partial charge on any atom is -0.306 e. The third-order valence-electron chi connectivity index (χ3n) is 4.27. The highest BCUT2D eigenvalue weighted by atomic mass is 32.2. The van der Waals surface area contributed by atoms with E-state index in [1.807, 2.05) is 23.9 Å². The molecule has 1 N–H and O–H groups in total. The molecule has 1 saturated heterocycles. The van der Waals surface area contributed by atoms with Crippen molar-refractivity contribution in [1.82, 2.24) is 5.32 Å². The molecule has 0 bridgehead atoms. The molecule has 2 unspecified atom stereocenters. The third kappa shape index (κ3) is 3.51. The molecule has 2 rings (SSSR count). The molecule has 0 spiro atoms. The number of halogens is 1. The van der Waals surface area contributed by atoms with E-state index >= 15 is 0 Å². The molecule has 19 heavy (non-hydrogen) atoms. The molecule has 0 amide bonds. The van der Waals surface area contributed by atoms with Crippen LogP contribution in [-0.2, 0) is 0 Å². The van der Waals surface area contributed by atoms with Crippen LogP contribution in [0.3, 0.4) is 0 Å². The second-order valence-electron chi connectivity index (χ2n) is 6.26. The van der Waals surface area contributed by atoms with E-state index < -0.39 is 0 Å². The van der Waals surface area contributed by atoms with E-state index in [-0.39, 0.29) is 11.9 Å². The van der Waals surface area contributed by atoms with Crippen LogP contribution in [0.2, 0.25) is 0 Å². The molecule has 1 heterocycles. The predicted octanol–water partition coefficient (Wildman–Crippen LogP) is 4.32. The first-order valence-corrected chi connectivity index (χ1v) is 8.15. The van der Waals surface area contributed by atoms with Crippen LogP contribution in [0, 0.1) is 18.2 Å². The van der Waals surface area contributed by atoms with Crippen molar-refractivity contribution in [3.63, 3.8) is 0 Å². The van der Waals surface area contributed by atoms with Crippen LogP contribution in [-0.4, -0.2) is 17.5 Å². The Kier molecular flexibility index (Phi) is 4.57. The summed E-state index contributed by atoms with van der Waals surface area (Å²) < 4.78 is 13.6. The first-order valence-electron chi connectivity index (χ1n) is 7.00. The molecule has 1 aromatic carbocycles. The maximum absolute atomic E-state index is 13.6. The average Bonchev–Trinajstić information content (AvgIpc) is 2.35. The average molecular weight is 281 g/mol. The van der Waals surface area contributed by atoms with Crippen molar-refractivity contribution < 1.29 is 4.39 Å². The second-order valence-corrected chi connectivity index (χ2v) is 7.41. The van der Waals surface area contributed by atoms with Gasteiger partial charge < -0.3 is 5.32 Å². The Bertz CT molecular complexity index is 444. The van der Waals surface area contributed by atoms with Crippen molar-refractivity contribution in [3.05, 3.63) is 35.1 Å². The highest BCUT2D eigenvalue weighted by Gasteiger charge is 2.33. The van der Waals surface area contributed by atoms with E-state index in [2.05, 4.69) is 26.1 Å². The zero-order chi connectivity index (χ0) is 14.0. The number of rotatable bonds is 3. The summed E-state index contributed by atoms with van der Waals surface area (Å²) in [6, 6.07) is 6.24. The van der Waals surface area contributed by atoms with Gasteiger partial charge in [0.15, 0.2) is 0 Å². The van der Waals surface area contributed by atoms with Crippen molar-refractivity contribution >= 4 is 11.8 Å². The van der Waals surface area contributed by atoms with Gasteiger partial charge in [-0.05, 0) is 48.6 Å². The van der Waals surface area contributed by atoms with Gasteiger partial charge in [-0.15, -0.1) is 0 Å². The number of benzene rings is 1. The molecule has 1 fully saturated rings. The molecule has 1 nitrogen and oxygen atoms in total. The van der Waals surface area contributed by atoms with E-state index in [9.17, 15) is 4.39 Å². The van der Waals surface area contributed by atoms with Gasteiger partial charge in [-0.2, -0.15) is 11.8 Å². The van der Waals surface area contributed by atoms with Gasteiger partial charge >= 0.3 is 0 Å². The molecular formula is C16H24FNS. The highest BCUT2D eigenvalue weighted by molar-refractivity contribution is 7.99. The van der Waals surface area contributed by atoms with Crippen LogP contribution in [0.5, 0.6) is 0 Å². The van der Waals surface area contributed by atoms with Crippen LogP contribution in [0.1, 0.15) is 44.4 Å². The summed E-state index contributed by atoms with van der Waals surface area (Å²) in [7, 11) is 0. The first-order chi connectivity index (χ1) is 8.90. The molecule has 0 saturated carbocycles. The number of thioether (sulfide) groups is 1. The van der Waals surface area contributed by atoms with Crippen LogP contribution >= 0.6 is 11.8 Å². The fraction of sp³-hybridized carbons (Fsp3) is 0.625. The minimum absolute atomic E-state index is 0.108. The molecule has 0 radical (unpaired) electrons. The number of hydrogen-bond donors (Lipinski definition) is 1. The van der Waals surface area contributed by atoms with Crippen molar-refractivity contribution in [1.29, 1.82) is 0 Å². The largest absolute Gasteiger partial charge is 0.306 e. The standard InChI is InChI=1S/C16H24FNS/c1-11-5-6-13(9-14(11)17)12(2)18-15-10-19-8-7-16(15,3)4/h5-6,9,12,15,18H,7-8,10H2,1-4H3.